The summed E-state index contributed by atoms with van der Waals surface area (Å²) in [6.45, 7) is 0. The Labute approximate surface area is 274 Å². The first-order chi connectivity index (χ1) is 20.3. The predicted octanol–water partition coefficient (Wildman–Crippen LogP) is 2.72. The van der Waals surface area contributed by atoms with Gasteiger partial charge in [0.25, 0.3) is 0 Å². The molecular weight excluding hydrogens is 603 g/mol. The van der Waals surface area contributed by atoms with Gasteiger partial charge in [-0.3, -0.25) is 0 Å². The summed E-state index contributed by atoms with van der Waals surface area (Å²) in [7, 11) is -4.57. The largest absolute Gasteiger partial charge is 1.00 e. The SMILES string of the molecule is Nc1ccc(Nc2ccccc2)c(S(=O)(=O)[O-])c1.Oc1cc(O)cc(Oc2cc(O)cc(Oc3cc(O)cc(O)c3)c2)c1.[Na+]. The van der Waals surface area contributed by atoms with Crippen LogP contribution in [0.4, 0.5) is 17.1 Å². The van der Waals surface area contributed by atoms with E-state index in [-0.39, 0.29) is 97.6 Å². The number of nitrogen functional groups attached to an aromatic ring is 1. The molecule has 5 rings (SSSR count). The Morgan fingerprint density at radius 2 is 1.00 bits per heavy atom. The van der Waals surface area contributed by atoms with Crippen molar-refractivity contribution in [1.82, 2.24) is 0 Å². The summed E-state index contributed by atoms with van der Waals surface area (Å²) in [5.41, 5.74) is 6.61. The third kappa shape index (κ3) is 9.90. The molecule has 14 heteroatoms. The van der Waals surface area contributed by atoms with E-state index in [0.717, 1.165) is 18.2 Å². The van der Waals surface area contributed by atoms with Gasteiger partial charge >= 0.3 is 29.6 Å². The number of phenolic OH excluding ortho intramolecular Hbond substituents is 5. The van der Waals surface area contributed by atoms with Gasteiger partial charge < -0.3 is 50.6 Å². The maximum atomic E-state index is 11.1. The fourth-order valence-electron chi connectivity index (χ4n) is 3.73. The quantitative estimate of drug-likeness (QED) is 0.0787. The molecule has 0 saturated heterocycles. The number of anilines is 3. The summed E-state index contributed by atoms with van der Waals surface area (Å²) in [5.74, 6) is -0.185. The van der Waals surface area contributed by atoms with Gasteiger partial charge in [0.2, 0.25) is 0 Å². The molecule has 0 aliphatic heterocycles. The third-order valence-corrected chi connectivity index (χ3v) is 6.29. The Morgan fingerprint density at radius 1 is 0.591 bits per heavy atom. The summed E-state index contributed by atoms with van der Waals surface area (Å²) >= 11 is 0. The Morgan fingerprint density at radius 3 is 1.43 bits per heavy atom. The minimum atomic E-state index is -4.57. The first kappa shape index (κ1) is 33.7. The van der Waals surface area contributed by atoms with E-state index < -0.39 is 10.1 Å². The predicted molar refractivity (Wildman–Crippen MR) is 156 cm³/mol. The number of phenols is 5. The molecule has 0 aliphatic carbocycles. The average Bonchev–Trinajstić information content (AvgIpc) is 2.88. The van der Waals surface area contributed by atoms with Crippen molar-refractivity contribution in [1.29, 1.82) is 0 Å². The molecule has 5 aromatic rings. The van der Waals surface area contributed by atoms with Crippen molar-refractivity contribution in [2.75, 3.05) is 11.1 Å². The fourth-order valence-corrected chi connectivity index (χ4v) is 4.40. The summed E-state index contributed by atoms with van der Waals surface area (Å²) in [5, 5.41) is 50.5. The zero-order valence-electron chi connectivity index (χ0n) is 23.1. The molecule has 0 saturated carbocycles. The molecule has 0 heterocycles. The monoisotopic (exact) mass is 628 g/mol. The maximum Gasteiger partial charge on any atom is 1.00 e. The van der Waals surface area contributed by atoms with E-state index in [9.17, 15) is 38.5 Å². The molecule has 8 N–H and O–H groups in total. The second-order valence-electron chi connectivity index (χ2n) is 8.94. The maximum absolute atomic E-state index is 11.1. The zero-order valence-corrected chi connectivity index (χ0v) is 25.9. The molecular formula is C30H25N2NaO10S. The number of nitrogens with one attached hydrogen (secondary N) is 1. The van der Waals surface area contributed by atoms with Crippen molar-refractivity contribution < 1.29 is 77.5 Å². The van der Waals surface area contributed by atoms with Crippen molar-refractivity contribution >= 4 is 27.2 Å². The van der Waals surface area contributed by atoms with Crippen molar-refractivity contribution in [3.05, 3.63) is 103 Å². The Kier molecular flexibility index (Phi) is 11.2. The van der Waals surface area contributed by atoms with Gasteiger partial charge in [0.1, 0.15) is 61.9 Å². The van der Waals surface area contributed by atoms with Crippen LogP contribution in [-0.4, -0.2) is 38.5 Å². The van der Waals surface area contributed by atoms with Crippen LogP contribution in [0.5, 0.6) is 51.7 Å². The fraction of sp³-hybridized carbons (Fsp3) is 0. The van der Waals surface area contributed by atoms with Gasteiger partial charge in [0, 0.05) is 66.0 Å². The summed E-state index contributed by atoms with van der Waals surface area (Å²) in [6.07, 6.45) is 0. The van der Waals surface area contributed by atoms with E-state index in [2.05, 4.69) is 5.32 Å². The van der Waals surface area contributed by atoms with Crippen LogP contribution in [0.15, 0.2) is 108 Å². The van der Waals surface area contributed by atoms with E-state index in [1.165, 1.54) is 54.6 Å². The van der Waals surface area contributed by atoms with Crippen LogP contribution in [0, 0.1) is 0 Å². The number of ether oxygens (including phenoxy) is 2. The Bertz CT molecular complexity index is 1740. The first-order valence-corrected chi connectivity index (χ1v) is 13.7. The van der Waals surface area contributed by atoms with Gasteiger partial charge in [0.15, 0.2) is 0 Å². The number of para-hydroxylation sites is 1. The van der Waals surface area contributed by atoms with E-state index in [4.69, 9.17) is 15.2 Å². The second kappa shape index (κ2) is 14.6. The smallest absolute Gasteiger partial charge is 0.744 e. The molecule has 0 atom stereocenters. The Hall–Kier alpha value is -4.79. The second-order valence-corrected chi connectivity index (χ2v) is 10.3. The first-order valence-electron chi connectivity index (χ1n) is 12.3. The number of aromatic hydroxyl groups is 5. The summed E-state index contributed by atoms with van der Waals surface area (Å²) in [4.78, 5) is -0.355. The molecule has 0 radical (unpaired) electrons. The van der Waals surface area contributed by atoms with Crippen molar-refractivity contribution in [3.8, 4) is 51.7 Å². The number of hydrogen-bond acceptors (Lipinski definition) is 12. The molecule has 0 amide bonds. The Balaban J connectivity index is 0.000000247. The van der Waals surface area contributed by atoms with Gasteiger partial charge in [-0.2, -0.15) is 0 Å². The molecule has 12 nitrogen and oxygen atoms in total. The van der Waals surface area contributed by atoms with Crippen LogP contribution in [-0.2, 0) is 10.1 Å². The van der Waals surface area contributed by atoms with Gasteiger partial charge in [0.05, 0.1) is 10.6 Å². The molecule has 44 heavy (non-hydrogen) atoms. The van der Waals surface area contributed by atoms with Crippen molar-refractivity contribution in [3.63, 3.8) is 0 Å². The molecule has 0 aromatic heterocycles. The molecule has 0 aliphatic rings. The van der Waals surface area contributed by atoms with Crippen LogP contribution in [0.3, 0.4) is 0 Å². The number of hydrogen-bond donors (Lipinski definition) is 7. The molecule has 5 aromatic carbocycles. The third-order valence-electron chi connectivity index (χ3n) is 5.42. The van der Waals surface area contributed by atoms with Crippen molar-refractivity contribution in [2.45, 2.75) is 4.90 Å². The molecule has 0 fully saturated rings. The van der Waals surface area contributed by atoms with Crippen LogP contribution in [0.2, 0.25) is 0 Å². The minimum absolute atomic E-state index is 0. The van der Waals surface area contributed by atoms with Crippen LogP contribution >= 0.6 is 0 Å². The van der Waals surface area contributed by atoms with Gasteiger partial charge in [-0.1, -0.05) is 18.2 Å². The van der Waals surface area contributed by atoms with E-state index in [1.807, 2.05) is 6.07 Å². The number of nitrogens with two attached hydrogens (primary N) is 1. The van der Waals surface area contributed by atoms with E-state index in [0.29, 0.717) is 5.69 Å². The average molecular weight is 629 g/mol. The van der Waals surface area contributed by atoms with Crippen molar-refractivity contribution in [2.24, 2.45) is 0 Å². The van der Waals surface area contributed by atoms with Crippen LogP contribution < -0.4 is 50.1 Å². The van der Waals surface area contributed by atoms with Crippen LogP contribution in [0.1, 0.15) is 0 Å². The molecule has 0 unspecified atom stereocenters. The molecule has 222 valence electrons. The van der Waals surface area contributed by atoms with E-state index >= 15 is 0 Å². The topological polar surface area (TPSA) is 215 Å². The molecule has 0 bridgehead atoms. The normalized spacial score (nSPS) is 10.5. The van der Waals surface area contributed by atoms with E-state index in [1.54, 1.807) is 24.3 Å². The van der Waals surface area contributed by atoms with Gasteiger partial charge in [-0.25, -0.2) is 8.42 Å². The van der Waals surface area contributed by atoms with Crippen LogP contribution in [0.25, 0.3) is 0 Å². The zero-order chi connectivity index (χ0) is 31.1. The molecule has 0 spiro atoms. The standard InChI is InChI=1S/C18H14O7.C12H12N2O3S.Na/c19-10-1-11(20)4-15(3-10)24-17-7-14(23)8-18(9-17)25-16-5-12(21)2-13(22)6-16;13-9-6-7-11(12(8-9)18(15,16)17)14-10-4-2-1-3-5-10;/h1-9,19-23H;1-8,14H,13H2,(H,15,16,17);/q;;+1/p-1. The number of benzene rings is 5. The number of rotatable bonds is 7. The summed E-state index contributed by atoms with van der Waals surface area (Å²) in [6, 6.07) is 24.6. The summed E-state index contributed by atoms with van der Waals surface area (Å²) < 4.78 is 44.4. The van der Waals surface area contributed by atoms with Gasteiger partial charge in [-0.05, 0) is 30.3 Å². The minimum Gasteiger partial charge on any atom is -0.744 e. The van der Waals surface area contributed by atoms with Gasteiger partial charge in [-0.15, -0.1) is 0 Å².